The zero-order chi connectivity index (χ0) is 13.1. The number of halogens is 2. The van der Waals surface area contributed by atoms with Crippen LogP contribution in [0.5, 0.6) is 0 Å². The Labute approximate surface area is 121 Å². The number of pyridine rings is 1. The average Bonchev–Trinajstić information content (AvgIpc) is 2.38. The van der Waals surface area contributed by atoms with Gasteiger partial charge in [0.25, 0.3) is 0 Å². The summed E-state index contributed by atoms with van der Waals surface area (Å²) in [5, 5.41) is 0.699. The first-order valence-corrected chi connectivity index (χ1v) is 7.29. The van der Waals surface area contributed by atoms with Crippen LogP contribution in [0.25, 0.3) is 0 Å². The minimum absolute atomic E-state index is 0.445. The van der Waals surface area contributed by atoms with Crippen LogP contribution in [0.1, 0.15) is 6.92 Å². The van der Waals surface area contributed by atoms with Gasteiger partial charge in [-0.25, -0.2) is 4.98 Å². The first-order chi connectivity index (χ1) is 8.61. The van der Waals surface area contributed by atoms with Crippen LogP contribution >= 0.6 is 27.5 Å². The Bertz CT molecular complexity index is 407. The highest BCUT2D eigenvalue weighted by molar-refractivity contribution is 9.10. The fourth-order valence-corrected chi connectivity index (χ4v) is 2.91. The lowest BCUT2D eigenvalue weighted by Crippen LogP contribution is -2.51. The van der Waals surface area contributed by atoms with Gasteiger partial charge in [-0.1, -0.05) is 11.6 Å². The third-order valence-electron chi connectivity index (χ3n) is 3.37. The standard InChI is InChI=1S/C12H18BrClN4/c1-9(7-15)17-2-4-18(5-3-17)12-11(14)6-10(13)8-16-12/h6,8-9H,2-5,7,15H2,1H3. The normalized spacial score (nSPS) is 19.0. The first kappa shape index (κ1) is 14.1. The largest absolute Gasteiger partial charge is 0.353 e. The number of hydrogen-bond donors (Lipinski definition) is 1. The molecular formula is C12H18BrClN4. The van der Waals surface area contributed by atoms with Crippen molar-refractivity contribution in [1.29, 1.82) is 0 Å². The molecule has 0 saturated carbocycles. The first-order valence-electron chi connectivity index (χ1n) is 6.12. The average molecular weight is 334 g/mol. The quantitative estimate of drug-likeness (QED) is 0.918. The molecule has 0 aromatic carbocycles. The van der Waals surface area contributed by atoms with Crippen molar-refractivity contribution >= 4 is 33.3 Å². The highest BCUT2D eigenvalue weighted by Gasteiger charge is 2.22. The SMILES string of the molecule is CC(CN)N1CCN(c2ncc(Br)cc2Cl)CC1. The van der Waals surface area contributed by atoms with E-state index in [0.717, 1.165) is 36.5 Å². The fourth-order valence-electron chi connectivity index (χ4n) is 2.16. The Kier molecular flexibility index (Phi) is 4.84. The van der Waals surface area contributed by atoms with Crippen molar-refractivity contribution in [2.45, 2.75) is 13.0 Å². The molecule has 2 N–H and O–H groups in total. The van der Waals surface area contributed by atoms with Crippen LogP contribution in [0.4, 0.5) is 5.82 Å². The number of rotatable bonds is 3. The lowest BCUT2D eigenvalue weighted by Gasteiger charge is -2.38. The second-order valence-corrected chi connectivity index (χ2v) is 5.89. The number of nitrogens with zero attached hydrogens (tertiary/aromatic N) is 3. The minimum atomic E-state index is 0.445. The highest BCUT2D eigenvalue weighted by atomic mass is 79.9. The van der Waals surface area contributed by atoms with Crippen LogP contribution in [0.3, 0.4) is 0 Å². The van der Waals surface area contributed by atoms with Crippen LogP contribution in [0, 0.1) is 0 Å². The molecule has 1 saturated heterocycles. The van der Waals surface area contributed by atoms with Crippen LogP contribution in [0.15, 0.2) is 16.7 Å². The van der Waals surface area contributed by atoms with Crippen molar-refractivity contribution in [3.63, 3.8) is 0 Å². The van der Waals surface area contributed by atoms with Gasteiger partial charge in [-0.05, 0) is 28.9 Å². The topological polar surface area (TPSA) is 45.4 Å². The molecule has 0 amide bonds. The van der Waals surface area contributed by atoms with Gasteiger partial charge in [0.2, 0.25) is 0 Å². The molecule has 1 aliphatic heterocycles. The summed E-state index contributed by atoms with van der Waals surface area (Å²) in [5.41, 5.74) is 5.70. The number of aromatic nitrogens is 1. The smallest absolute Gasteiger partial charge is 0.147 e. The zero-order valence-electron chi connectivity index (χ0n) is 10.4. The van der Waals surface area contributed by atoms with Gasteiger partial charge in [-0.2, -0.15) is 0 Å². The molecule has 100 valence electrons. The van der Waals surface area contributed by atoms with E-state index in [0.29, 0.717) is 17.6 Å². The van der Waals surface area contributed by atoms with Crippen molar-refractivity contribution < 1.29 is 0 Å². The van der Waals surface area contributed by atoms with Crippen LogP contribution in [-0.2, 0) is 0 Å². The molecule has 18 heavy (non-hydrogen) atoms. The minimum Gasteiger partial charge on any atom is -0.353 e. The highest BCUT2D eigenvalue weighted by Crippen LogP contribution is 2.27. The van der Waals surface area contributed by atoms with Gasteiger partial charge in [0.15, 0.2) is 0 Å². The summed E-state index contributed by atoms with van der Waals surface area (Å²) in [6.45, 7) is 6.77. The van der Waals surface area contributed by atoms with Crippen molar-refractivity contribution in [3.05, 3.63) is 21.8 Å². The molecule has 1 atom stereocenters. The van der Waals surface area contributed by atoms with Gasteiger partial charge in [0, 0.05) is 49.4 Å². The van der Waals surface area contributed by atoms with E-state index in [1.54, 1.807) is 6.20 Å². The maximum atomic E-state index is 6.22. The van der Waals surface area contributed by atoms with E-state index in [-0.39, 0.29) is 0 Å². The summed E-state index contributed by atoms with van der Waals surface area (Å²) in [4.78, 5) is 9.03. The molecule has 1 unspecified atom stereocenters. The summed E-state index contributed by atoms with van der Waals surface area (Å²) >= 11 is 9.59. The molecule has 6 heteroatoms. The molecule has 0 radical (unpaired) electrons. The van der Waals surface area contributed by atoms with Gasteiger partial charge in [0.1, 0.15) is 5.82 Å². The number of hydrogen-bond acceptors (Lipinski definition) is 4. The Morgan fingerprint density at radius 2 is 2.11 bits per heavy atom. The Morgan fingerprint density at radius 1 is 1.44 bits per heavy atom. The summed E-state index contributed by atoms with van der Waals surface area (Å²) in [6.07, 6.45) is 1.79. The van der Waals surface area contributed by atoms with Gasteiger partial charge in [-0.3, -0.25) is 4.90 Å². The Balaban J connectivity index is 2.01. The predicted octanol–water partition coefficient (Wildman–Crippen LogP) is 1.97. The monoisotopic (exact) mass is 332 g/mol. The molecule has 0 bridgehead atoms. The summed E-state index contributed by atoms with van der Waals surface area (Å²) in [7, 11) is 0. The van der Waals surface area contributed by atoms with E-state index in [1.807, 2.05) is 6.07 Å². The van der Waals surface area contributed by atoms with Crippen molar-refractivity contribution in [3.8, 4) is 0 Å². The number of piperazine rings is 1. The second-order valence-electron chi connectivity index (χ2n) is 4.57. The Hall–Kier alpha value is -0.360. The number of anilines is 1. The van der Waals surface area contributed by atoms with Crippen LogP contribution < -0.4 is 10.6 Å². The third kappa shape index (κ3) is 3.15. The Morgan fingerprint density at radius 3 is 2.67 bits per heavy atom. The fraction of sp³-hybridized carbons (Fsp3) is 0.583. The summed E-state index contributed by atoms with van der Waals surface area (Å²) in [6, 6.07) is 2.33. The van der Waals surface area contributed by atoms with E-state index in [2.05, 4.69) is 37.6 Å². The lowest BCUT2D eigenvalue weighted by molar-refractivity contribution is 0.201. The predicted molar refractivity (Wildman–Crippen MR) is 79.2 cm³/mol. The van der Waals surface area contributed by atoms with Crippen molar-refractivity contribution in [1.82, 2.24) is 9.88 Å². The summed E-state index contributed by atoms with van der Waals surface area (Å²) in [5.74, 6) is 0.875. The van der Waals surface area contributed by atoms with Crippen molar-refractivity contribution in [2.75, 3.05) is 37.6 Å². The van der Waals surface area contributed by atoms with Gasteiger partial charge in [0.05, 0.1) is 5.02 Å². The van der Waals surface area contributed by atoms with Crippen LogP contribution in [-0.4, -0.2) is 48.6 Å². The molecule has 4 nitrogen and oxygen atoms in total. The van der Waals surface area contributed by atoms with Gasteiger partial charge in [-0.15, -0.1) is 0 Å². The molecule has 1 fully saturated rings. The van der Waals surface area contributed by atoms with E-state index in [4.69, 9.17) is 17.3 Å². The molecule has 0 spiro atoms. The summed E-state index contributed by atoms with van der Waals surface area (Å²) < 4.78 is 0.909. The maximum Gasteiger partial charge on any atom is 0.147 e. The molecule has 0 aliphatic carbocycles. The molecule has 1 aliphatic rings. The lowest BCUT2D eigenvalue weighted by atomic mass is 10.2. The van der Waals surface area contributed by atoms with Gasteiger partial charge >= 0.3 is 0 Å². The van der Waals surface area contributed by atoms with E-state index >= 15 is 0 Å². The van der Waals surface area contributed by atoms with Gasteiger partial charge < -0.3 is 10.6 Å². The van der Waals surface area contributed by atoms with E-state index in [1.165, 1.54) is 0 Å². The maximum absolute atomic E-state index is 6.22. The van der Waals surface area contributed by atoms with E-state index < -0.39 is 0 Å². The second kappa shape index (κ2) is 6.19. The van der Waals surface area contributed by atoms with Crippen LogP contribution in [0.2, 0.25) is 5.02 Å². The molecule has 2 rings (SSSR count). The van der Waals surface area contributed by atoms with E-state index in [9.17, 15) is 0 Å². The zero-order valence-corrected chi connectivity index (χ0v) is 12.8. The van der Waals surface area contributed by atoms with Crippen molar-refractivity contribution in [2.24, 2.45) is 5.73 Å². The number of nitrogens with two attached hydrogens (primary N) is 1. The molecular weight excluding hydrogens is 316 g/mol. The third-order valence-corrected chi connectivity index (χ3v) is 4.08. The molecule has 2 heterocycles. The molecule has 1 aromatic heterocycles. The molecule has 1 aromatic rings.